The maximum absolute atomic E-state index is 13.1. The summed E-state index contributed by atoms with van der Waals surface area (Å²) < 4.78 is 5.37. The number of hydrogen-bond donors (Lipinski definition) is 1. The van der Waals surface area contributed by atoms with Crippen molar-refractivity contribution in [2.24, 2.45) is 16.6 Å². The number of aliphatic imine (C=N–C) groups is 1. The lowest BCUT2D eigenvalue weighted by molar-refractivity contribution is -0.136. The first-order chi connectivity index (χ1) is 12.6. The van der Waals surface area contributed by atoms with Gasteiger partial charge in [0.15, 0.2) is 5.96 Å². The molecular weight excluding hydrogens is 328 g/mol. The van der Waals surface area contributed by atoms with Crippen LogP contribution in [0, 0.1) is 5.92 Å². The van der Waals surface area contributed by atoms with Crippen LogP contribution in [0.25, 0.3) is 0 Å². The molecule has 2 saturated heterocycles. The van der Waals surface area contributed by atoms with Gasteiger partial charge in [-0.15, -0.1) is 0 Å². The zero-order valence-corrected chi connectivity index (χ0v) is 15.6. The van der Waals surface area contributed by atoms with Gasteiger partial charge in [-0.3, -0.25) is 9.79 Å². The Morgan fingerprint density at radius 2 is 1.81 bits per heavy atom. The maximum Gasteiger partial charge on any atom is 0.232 e. The number of piperidine rings is 1. The van der Waals surface area contributed by atoms with Gasteiger partial charge in [0.25, 0.3) is 0 Å². The molecule has 2 aliphatic heterocycles. The number of carbonyl (C=O) groups is 1. The standard InChI is InChI=1S/C20H30N4O2/c1-16-7-9-24(10-8-16)20(21)22-15-18(17-5-3-2-4-6-17)19(25)23-11-13-26-14-12-23/h2-6,16,18H,7-15H2,1H3,(H2,21,22). The molecule has 26 heavy (non-hydrogen) atoms. The van der Waals surface area contributed by atoms with Gasteiger partial charge >= 0.3 is 0 Å². The molecule has 2 fully saturated rings. The highest BCUT2D eigenvalue weighted by Crippen LogP contribution is 2.21. The average Bonchev–Trinajstić information content (AvgIpc) is 2.70. The van der Waals surface area contributed by atoms with E-state index < -0.39 is 0 Å². The highest BCUT2D eigenvalue weighted by molar-refractivity contribution is 5.85. The number of rotatable bonds is 4. The van der Waals surface area contributed by atoms with Crippen molar-refractivity contribution in [3.05, 3.63) is 35.9 Å². The lowest BCUT2D eigenvalue weighted by Gasteiger charge is -2.32. The number of amides is 1. The molecule has 2 heterocycles. The number of guanidine groups is 1. The Balaban J connectivity index is 1.71. The quantitative estimate of drug-likeness (QED) is 0.657. The second kappa shape index (κ2) is 9.03. The molecule has 2 aliphatic rings. The fourth-order valence-electron chi connectivity index (χ4n) is 3.54. The summed E-state index contributed by atoms with van der Waals surface area (Å²) in [5.74, 6) is 1.13. The smallest absolute Gasteiger partial charge is 0.232 e. The van der Waals surface area contributed by atoms with Gasteiger partial charge in [0.2, 0.25) is 5.91 Å². The summed E-state index contributed by atoms with van der Waals surface area (Å²) in [6.45, 7) is 7.05. The minimum Gasteiger partial charge on any atom is -0.378 e. The van der Waals surface area contributed by atoms with Crippen LogP contribution in [0.3, 0.4) is 0 Å². The van der Waals surface area contributed by atoms with Crippen LogP contribution < -0.4 is 5.73 Å². The van der Waals surface area contributed by atoms with E-state index in [2.05, 4.69) is 16.8 Å². The molecule has 1 aromatic carbocycles. The van der Waals surface area contributed by atoms with Crippen molar-refractivity contribution >= 4 is 11.9 Å². The van der Waals surface area contributed by atoms with Crippen molar-refractivity contribution in [3.8, 4) is 0 Å². The average molecular weight is 358 g/mol. The predicted molar refractivity (Wildman–Crippen MR) is 103 cm³/mol. The van der Waals surface area contributed by atoms with Gasteiger partial charge in [0.1, 0.15) is 0 Å². The summed E-state index contributed by atoms with van der Waals surface area (Å²) in [7, 11) is 0. The normalized spacial score (nSPS) is 20.9. The second-order valence-electron chi connectivity index (χ2n) is 7.27. The van der Waals surface area contributed by atoms with E-state index in [1.54, 1.807) is 0 Å². The predicted octanol–water partition coefficient (Wildman–Crippen LogP) is 1.68. The van der Waals surface area contributed by atoms with Gasteiger partial charge in [-0.05, 0) is 24.3 Å². The fraction of sp³-hybridized carbons (Fsp3) is 0.600. The first-order valence-electron chi connectivity index (χ1n) is 9.61. The molecule has 3 rings (SSSR count). The Kier molecular flexibility index (Phi) is 6.50. The Bertz CT molecular complexity index is 605. The monoisotopic (exact) mass is 358 g/mol. The zero-order chi connectivity index (χ0) is 18.4. The molecular formula is C20H30N4O2. The van der Waals surface area contributed by atoms with E-state index >= 15 is 0 Å². The molecule has 0 bridgehead atoms. The van der Waals surface area contributed by atoms with E-state index in [-0.39, 0.29) is 11.8 Å². The third-order valence-electron chi connectivity index (χ3n) is 5.37. The van der Waals surface area contributed by atoms with Crippen LogP contribution in [-0.2, 0) is 9.53 Å². The topological polar surface area (TPSA) is 71.2 Å². The third kappa shape index (κ3) is 4.75. The molecule has 1 aromatic rings. The first kappa shape index (κ1) is 18.7. The second-order valence-corrected chi connectivity index (χ2v) is 7.27. The van der Waals surface area contributed by atoms with Gasteiger partial charge in [-0.1, -0.05) is 37.3 Å². The summed E-state index contributed by atoms with van der Waals surface area (Å²) in [4.78, 5) is 21.7. The lowest BCUT2D eigenvalue weighted by Crippen LogP contribution is -2.45. The minimum absolute atomic E-state index is 0.114. The molecule has 0 saturated carbocycles. The highest BCUT2D eigenvalue weighted by atomic mass is 16.5. The van der Waals surface area contributed by atoms with Gasteiger partial charge in [0.05, 0.1) is 25.7 Å². The van der Waals surface area contributed by atoms with E-state index in [0.717, 1.165) is 37.4 Å². The van der Waals surface area contributed by atoms with E-state index in [4.69, 9.17) is 10.5 Å². The highest BCUT2D eigenvalue weighted by Gasteiger charge is 2.27. The Morgan fingerprint density at radius 3 is 2.46 bits per heavy atom. The molecule has 0 radical (unpaired) electrons. The molecule has 1 amide bonds. The maximum atomic E-state index is 13.1. The molecule has 0 aliphatic carbocycles. The number of morpholine rings is 1. The number of benzene rings is 1. The molecule has 6 nitrogen and oxygen atoms in total. The SMILES string of the molecule is CC1CCN(C(N)=NCC(C(=O)N2CCOCC2)c2ccccc2)CC1. The molecule has 142 valence electrons. The van der Waals surface area contributed by atoms with Gasteiger partial charge in [0, 0.05) is 26.2 Å². The van der Waals surface area contributed by atoms with Crippen LogP contribution in [0.2, 0.25) is 0 Å². The van der Waals surface area contributed by atoms with Crippen molar-refractivity contribution in [2.75, 3.05) is 45.9 Å². The number of hydrogen-bond acceptors (Lipinski definition) is 3. The number of carbonyl (C=O) groups excluding carboxylic acids is 1. The summed E-state index contributed by atoms with van der Waals surface area (Å²) >= 11 is 0. The van der Waals surface area contributed by atoms with Crippen LogP contribution in [0.4, 0.5) is 0 Å². The molecule has 1 atom stereocenters. The van der Waals surface area contributed by atoms with Crippen molar-refractivity contribution in [3.63, 3.8) is 0 Å². The zero-order valence-electron chi connectivity index (χ0n) is 15.6. The van der Waals surface area contributed by atoms with Gasteiger partial charge < -0.3 is 20.3 Å². The molecule has 0 aromatic heterocycles. The Morgan fingerprint density at radius 1 is 1.15 bits per heavy atom. The summed E-state index contributed by atoms with van der Waals surface area (Å²) in [6, 6.07) is 9.89. The van der Waals surface area contributed by atoms with E-state index in [9.17, 15) is 4.79 Å². The number of nitrogens with two attached hydrogens (primary N) is 1. The summed E-state index contributed by atoms with van der Waals surface area (Å²) in [5.41, 5.74) is 7.22. The van der Waals surface area contributed by atoms with Crippen LogP contribution in [0.1, 0.15) is 31.2 Å². The Hall–Kier alpha value is -2.08. The first-order valence-corrected chi connectivity index (χ1v) is 9.61. The molecule has 2 N–H and O–H groups in total. The third-order valence-corrected chi connectivity index (χ3v) is 5.37. The van der Waals surface area contributed by atoms with E-state index in [0.29, 0.717) is 38.8 Å². The fourth-order valence-corrected chi connectivity index (χ4v) is 3.54. The summed E-state index contributed by atoms with van der Waals surface area (Å²) in [5, 5.41) is 0. The van der Waals surface area contributed by atoms with Gasteiger partial charge in [-0.2, -0.15) is 0 Å². The van der Waals surface area contributed by atoms with E-state index in [1.807, 2.05) is 35.2 Å². The van der Waals surface area contributed by atoms with Gasteiger partial charge in [-0.25, -0.2) is 0 Å². The van der Waals surface area contributed by atoms with Crippen LogP contribution >= 0.6 is 0 Å². The Labute approximate surface area is 156 Å². The largest absolute Gasteiger partial charge is 0.378 e. The van der Waals surface area contributed by atoms with Crippen molar-refractivity contribution in [1.82, 2.24) is 9.80 Å². The van der Waals surface area contributed by atoms with E-state index in [1.165, 1.54) is 0 Å². The summed E-state index contributed by atoms with van der Waals surface area (Å²) in [6.07, 6.45) is 2.29. The number of nitrogens with zero attached hydrogens (tertiary/aromatic N) is 3. The van der Waals surface area contributed by atoms with Crippen LogP contribution in [0.15, 0.2) is 35.3 Å². The minimum atomic E-state index is -0.295. The number of likely N-dealkylation sites (tertiary alicyclic amines) is 1. The van der Waals surface area contributed by atoms with Crippen molar-refractivity contribution in [2.45, 2.75) is 25.7 Å². The van der Waals surface area contributed by atoms with Crippen LogP contribution in [-0.4, -0.2) is 67.6 Å². The number of ether oxygens (including phenoxy) is 1. The van der Waals surface area contributed by atoms with Crippen LogP contribution in [0.5, 0.6) is 0 Å². The molecule has 1 unspecified atom stereocenters. The van der Waals surface area contributed by atoms with Crippen molar-refractivity contribution < 1.29 is 9.53 Å². The molecule has 0 spiro atoms. The molecule has 6 heteroatoms. The van der Waals surface area contributed by atoms with Crippen molar-refractivity contribution in [1.29, 1.82) is 0 Å². The lowest BCUT2D eigenvalue weighted by atomic mass is 9.97.